The molecular formula is C12H22N2. The van der Waals surface area contributed by atoms with Crippen molar-refractivity contribution in [3.8, 4) is 0 Å². The molecule has 0 aromatic carbocycles. The molecule has 0 aliphatic heterocycles. The van der Waals surface area contributed by atoms with Crippen molar-refractivity contribution in [1.29, 1.82) is 0 Å². The summed E-state index contributed by atoms with van der Waals surface area (Å²) in [4.78, 5) is 8.45. The van der Waals surface area contributed by atoms with Gasteiger partial charge in [-0.15, -0.1) is 0 Å². The van der Waals surface area contributed by atoms with E-state index in [1.165, 1.54) is 5.57 Å². The van der Waals surface area contributed by atoms with Gasteiger partial charge in [-0.1, -0.05) is 20.8 Å². The van der Waals surface area contributed by atoms with Crippen molar-refractivity contribution in [3.05, 3.63) is 11.6 Å². The van der Waals surface area contributed by atoms with E-state index in [1.54, 1.807) is 0 Å². The summed E-state index contributed by atoms with van der Waals surface area (Å²) >= 11 is 0. The van der Waals surface area contributed by atoms with Crippen molar-refractivity contribution in [1.82, 2.24) is 0 Å². The first kappa shape index (κ1) is 13.1. The van der Waals surface area contributed by atoms with Crippen LogP contribution in [0.4, 0.5) is 0 Å². The maximum Gasteiger partial charge on any atom is 0.0401 e. The summed E-state index contributed by atoms with van der Waals surface area (Å²) in [6.07, 6.45) is 2.11. The molecule has 0 aromatic rings. The van der Waals surface area contributed by atoms with Gasteiger partial charge in [0.25, 0.3) is 0 Å². The molecule has 0 spiro atoms. The average Bonchev–Trinajstić information content (AvgIpc) is 2.10. The highest BCUT2D eigenvalue weighted by Gasteiger charge is 2.16. The molecule has 0 bridgehead atoms. The third-order valence-electron chi connectivity index (χ3n) is 2.27. The molecule has 0 amide bonds. The SMILES string of the molecule is CN=C(C)C(C)=CC(=NC)C(C)(C)C. The fraction of sp³-hybridized carbons (Fsp3) is 0.667. The summed E-state index contributed by atoms with van der Waals surface area (Å²) in [6.45, 7) is 10.6. The van der Waals surface area contributed by atoms with Crippen LogP contribution in [-0.4, -0.2) is 25.5 Å². The third kappa shape index (κ3) is 3.86. The number of hydrogen-bond acceptors (Lipinski definition) is 2. The molecule has 0 atom stereocenters. The van der Waals surface area contributed by atoms with Gasteiger partial charge >= 0.3 is 0 Å². The molecule has 0 unspecified atom stereocenters. The Kier molecular flexibility index (Phi) is 4.75. The van der Waals surface area contributed by atoms with Gasteiger partial charge in [-0.05, 0) is 25.5 Å². The second-order valence-electron chi connectivity index (χ2n) is 4.50. The predicted octanol–water partition coefficient (Wildman–Crippen LogP) is 3.14. The Morgan fingerprint density at radius 2 is 1.50 bits per heavy atom. The molecular weight excluding hydrogens is 172 g/mol. The number of nitrogens with zero attached hydrogens (tertiary/aromatic N) is 2. The molecule has 2 nitrogen and oxygen atoms in total. The van der Waals surface area contributed by atoms with Crippen molar-refractivity contribution < 1.29 is 0 Å². The van der Waals surface area contributed by atoms with Gasteiger partial charge < -0.3 is 0 Å². The Balaban J connectivity index is 4.98. The van der Waals surface area contributed by atoms with Crippen molar-refractivity contribution in [2.24, 2.45) is 15.4 Å². The van der Waals surface area contributed by atoms with Crippen molar-refractivity contribution in [2.45, 2.75) is 34.6 Å². The summed E-state index contributed by atoms with van der Waals surface area (Å²) < 4.78 is 0. The molecule has 0 rings (SSSR count). The number of rotatable bonds is 2. The fourth-order valence-corrected chi connectivity index (χ4v) is 1.10. The standard InChI is InChI=1S/C12H22N2/c1-9(10(2)13-6)8-11(14-7)12(3,4)5/h8H,1-7H3. The minimum absolute atomic E-state index is 0.101. The lowest BCUT2D eigenvalue weighted by Gasteiger charge is -2.19. The lowest BCUT2D eigenvalue weighted by Crippen LogP contribution is -2.19. The Bertz CT molecular complexity index is 275. The topological polar surface area (TPSA) is 24.7 Å². The Morgan fingerprint density at radius 3 is 1.79 bits per heavy atom. The van der Waals surface area contributed by atoms with E-state index in [4.69, 9.17) is 0 Å². The molecule has 0 fully saturated rings. The van der Waals surface area contributed by atoms with Crippen LogP contribution in [0.3, 0.4) is 0 Å². The molecule has 0 radical (unpaired) electrons. The van der Waals surface area contributed by atoms with Crippen LogP contribution in [0.2, 0.25) is 0 Å². The highest BCUT2D eigenvalue weighted by molar-refractivity contribution is 6.07. The fourth-order valence-electron chi connectivity index (χ4n) is 1.10. The summed E-state index contributed by atoms with van der Waals surface area (Å²) in [5.74, 6) is 0. The third-order valence-corrected chi connectivity index (χ3v) is 2.27. The van der Waals surface area contributed by atoms with E-state index in [0.29, 0.717) is 0 Å². The van der Waals surface area contributed by atoms with E-state index in [-0.39, 0.29) is 5.41 Å². The first-order valence-electron chi connectivity index (χ1n) is 4.92. The van der Waals surface area contributed by atoms with E-state index in [2.05, 4.69) is 43.8 Å². The van der Waals surface area contributed by atoms with Crippen LogP contribution in [0.25, 0.3) is 0 Å². The summed E-state index contributed by atoms with van der Waals surface area (Å²) in [5.41, 5.74) is 3.46. The quantitative estimate of drug-likeness (QED) is 0.603. The van der Waals surface area contributed by atoms with Gasteiger partial charge in [0.15, 0.2) is 0 Å². The monoisotopic (exact) mass is 194 g/mol. The maximum absolute atomic E-state index is 4.30. The Labute approximate surface area is 87.9 Å². The molecule has 0 heterocycles. The van der Waals surface area contributed by atoms with Gasteiger partial charge in [0.2, 0.25) is 0 Å². The molecule has 0 saturated heterocycles. The Morgan fingerprint density at radius 1 is 1.00 bits per heavy atom. The second-order valence-corrected chi connectivity index (χ2v) is 4.50. The minimum Gasteiger partial charge on any atom is -0.293 e. The Hall–Kier alpha value is -0.920. The molecule has 0 N–H and O–H groups in total. The molecule has 0 saturated carbocycles. The number of aliphatic imine (C=N–C) groups is 2. The average molecular weight is 194 g/mol. The molecule has 0 aromatic heterocycles. The van der Waals surface area contributed by atoms with Crippen LogP contribution in [0.1, 0.15) is 34.6 Å². The zero-order valence-corrected chi connectivity index (χ0v) is 10.5. The van der Waals surface area contributed by atoms with Crippen LogP contribution in [-0.2, 0) is 0 Å². The van der Waals surface area contributed by atoms with Gasteiger partial charge in [0.1, 0.15) is 0 Å². The lowest BCUT2D eigenvalue weighted by atomic mass is 9.88. The van der Waals surface area contributed by atoms with Crippen LogP contribution in [0, 0.1) is 5.41 Å². The normalized spacial score (nSPS) is 16.1. The van der Waals surface area contributed by atoms with Crippen molar-refractivity contribution in [3.63, 3.8) is 0 Å². The van der Waals surface area contributed by atoms with Crippen molar-refractivity contribution >= 4 is 11.4 Å². The first-order chi connectivity index (χ1) is 6.32. The van der Waals surface area contributed by atoms with E-state index in [9.17, 15) is 0 Å². The molecule has 14 heavy (non-hydrogen) atoms. The summed E-state index contributed by atoms with van der Waals surface area (Å²) in [7, 11) is 3.65. The van der Waals surface area contributed by atoms with Crippen LogP contribution < -0.4 is 0 Å². The van der Waals surface area contributed by atoms with Crippen molar-refractivity contribution in [2.75, 3.05) is 14.1 Å². The number of hydrogen-bond donors (Lipinski definition) is 0. The second kappa shape index (κ2) is 5.08. The minimum atomic E-state index is 0.101. The molecule has 0 aliphatic rings. The van der Waals surface area contributed by atoms with E-state index in [1.807, 2.05) is 21.0 Å². The van der Waals surface area contributed by atoms with E-state index < -0.39 is 0 Å². The zero-order valence-electron chi connectivity index (χ0n) is 10.5. The zero-order chi connectivity index (χ0) is 11.4. The lowest BCUT2D eigenvalue weighted by molar-refractivity contribution is 0.593. The van der Waals surface area contributed by atoms with E-state index in [0.717, 1.165) is 11.4 Å². The molecule has 0 aliphatic carbocycles. The summed E-state index contributed by atoms with van der Waals surface area (Å²) in [6, 6.07) is 0. The van der Waals surface area contributed by atoms with Crippen LogP contribution in [0.15, 0.2) is 21.6 Å². The highest BCUT2D eigenvalue weighted by atomic mass is 14.7. The van der Waals surface area contributed by atoms with Gasteiger partial charge in [-0.2, -0.15) is 0 Å². The maximum atomic E-state index is 4.30. The van der Waals surface area contributed by atoms with Crippen LogP contribution in [0.5, 0.6) is 0 Å². The van der Waals surface area contributed by atoms with Gasteiger partial charge in [0, 0.05) is 30.9 Å². The smallest absolute Gasteiger partial charge is 0.0401 e. The number of allylic oxidation sites excluding steroid dienone is 2. The van der Waals surface area contributed by atoms with Gasteiger partial charge in [-0.25, -0.2) is 0 Å². The van der Waals surface area contributed by atoms with Crippen LogP contribution >= 0.6 is 0 Å². The largest absolute Gasteiger partial charge is 0.293 e. The first-order valence-corrected chi connectivity index (χ1v) is 4.92. The predicted molar refractivity (Wildman–Crippen MR) is 65.6 cm³/mol. The van der Waals surface area contributed by atoms with Gasteiger partial charge in [-0.3, -0.25) is 9.98 Å². The molecule has 2 heteroatoms. The molecule has 80 valence electrons. The highest BCUT2D eigenvalue weighted by Crippen LogP contribution is 2.18. The summed E-state index contributed by atoms with van der Waals surface area (Å²) in [5, 5.41) is 0. The van der Waals surface area contributed by atoms with Gasteiger partial charge in [0.05, 0.1) is 0 Å². The van der Waals surface area contributed by atoms with E-state index >= 15 is 0 Å².